The second-order valence-corrected chi connectivity index (χ2v) is 9.95. The molecule has 0 N–H and O–H groups in total. The molecule has 0 spiro atoms. The van der Waals surface area contributed by atoms with Gasteiger partial charge in [0, 0.05) is 18.5 Å². The third-order valence-corrected chi connectivity index (χ3v) is 4.91. The molecule has 0 aliphatic carbocycles. The van der Waals surface area contributed by atoms with Gasteiger partial charge >= 0.3 is 12.1 Å². The monoisotopic (exact) mass is 436 g/mol. The van der Waals surface area contributed by atoms with Gasteiger partial charge in [-0.2, -0.15) is 5.10 Å². The van der Waals surface area contributed by atoms with E-state index in [9.17, 15) is 9.59 Å². The average molecular weight is 437 g/mol. The van der Waals surface area contributed by atoms with Crippen LogP contribution in [0.5, 0.6) is 0 Å². The minimum absolute atomic E-state index is 0.0893. The van der Waals surface area contributed by atoms with Crippen molar-refractivity contribution in [3.63, 3.8) is 0 Å². The number of esters is 1. The Bertz CT molecular complexity index is 945. The van der Waals surface area contributed by atoms with Gasteiger partial charge in [0.25, 0.3) is 0 Å². The van der Waals surface area contributed by atoms with E-state index in [1.807, 2.05) is 0 Å². The van der Waals surface area contributed by atoms with Crippen molar-refractivity contribution >= 4 is 29.3 Å². The number of rotatable bonds is 2. The van der Waals surface area contributed by atoms with Crippen LogP contribution in [0.4, 0.5) is 4.79 Å². The Balaban J connectivity index is 1.88. The molecule has 1 aliphatic rings. The summed E-state index contributed by atoms with van der Waals surface area (Å²) in [6, 6.07) is 2.82. The fourth-order valence-corrected chi connectivity index (χ4v) is 3.69. The first kappa shape index (κ1) is 22.3. The molecule has 1 saturated heterocycles. The van der Waals surface area contributed by atoms with Crippen molar-refractivity contribution in [2.75, 3.05) is 6.54 Å². The molecule has 2 unspecified atom stereocenters. The highest BCUT2D eigenvalue weighted by atomic mass is 35.5. The summed E-state index contributed by atoms with van der Waals surface area (Å²) in [5.74, 6) is -0.516. The van der Waals surface area contributed by atoms with Gasteiger partial charge in [-0.15, -0.1) is 0 Å². The van der Waals surface area contributed by atoms with E-state index < -0.39 is 29.3 Å². The Kier molecular flexibility index (Phi) is 6.00. The van der Waals surface area contributed by atoms with Crippen LogP contribution in [0.2, 0.25) is 5.15 Å². The number of likely N-dealkylation sites (tertiary alicyclic amines) is 1. The van der Waals surface area contributed by atoms with Crippen LogP contribution in [0.15, 0.2) is 18.3 Å². The van der Waals surface area contributed by atoms with Crippen LogP contribution in [0.25, 0.3) is 5.65 Å². The van der Waals surface area contributed by atoms with Crippen LogP contribution in [-0.4, -0.2) is 55.3 Å². The number of carbonyl (C=O) groups excluding carboxylic acids is 2. The highest BCUT2D eigenvalue weighted by molar-refractivity contribution is 6.29. The topological polar surface area (TPSA) is 86.0 Å². The molecule has 1 aliphatic heterocycles. The summed E-state index contributed by atoms with van der Waals surface area (Å²) in [5.41, 5.74) is 0.0655. The summed E-state index contributed by atoms with van der Waals surface area (Å²) < 4.78 is 12.7. The molecule has 164 valence electrons. The van der Waals surface area contributed by atoms with Crippen LogP contribution >= 0.6 is 11.6 Å². The fourth-order valence-electron chi connectivity index (χ4n) is 3.45. The molecule has 0 bridgehead atoms. The lowest BCUT2D eigenvalue weighted by molar-refractivity contribution is -0.162. The predicted molar refractivity (Wildman–Crippen MR) is 113 cm³/mol. The fraction of sp³-hybridized carbons (Fsp3) is 0.619. The van der Waals surface area contributed by atoms with Crippen molar-refractivity contribution in [3.05, 3.63) is 29.2 Å². The number of aromatic nitrogens is 3. The molecule has 3 heterocycles. The molecule has 0 radical (unpaired) electrons. The minimum atomic E-state index is -0.704. The van der Waals surface area contributed by atoms with E-state index in [1.165, 1.54) is 4.90 Å². The minimum Gasteiger partial charge on any atom is -0.458 e. The molecule has 8 nitrogen and oxygen atoms in total. The van der Waals surface area contributed by atoms with E-state index in [0.717, 1.165) is 5.69 Å². The van der Waals surface area contributed by atoms with Gasteiger partial charge in [0.05, 0.1) is 11.9 Å². The maximum absolute atomic E-state index is 12.9. The molecule has 0 aromatic carbocycles. The van der Waals surface area contributed by atoms with Crippen molar-refractivity contribution < 1.29 is 19.1 Å². The summed E-state index contributed by atoms with van der Waals surface area (Å²) in [6.07, 6.45) is 2.20. The lowest BCUT2D eigenvalue weighted by Gasteiger charge is -2.39. The number of ether oxygens (including phenoxy) is 2. The maximum Gasteiger partial charge on any atom is 0.411 e. The molecule has 2 atom stereocenters. The SMILES string of the molecule is CC(C)(C)OC(=O)C1CCC(c2cc(Cl)n3nccc3n2)CN1C(=O)OC(C)(C)C. The molecular weight excluding hydrogens is 408 g/mol. The van der Waals surface area contributed by atoms with Crippen molar-refractivity contribution in [2.24, 2.45) is 0 Å². The normalized spacial score (nSPS) is 20.3. The zero-order valence-corrected chi connectivity index (χ0v) is 19.1. The molecule has 0 saturated carbocycles. The van der Waals surface area contributed by atoms with E-state index in [0.29, 0.717) is 23.6 Å². The van der Waals surface area contributed by atoms with Crippen LogP contribution in [0.3, 0.4) is 0 Å². The Morgan fingerprint density at radius 3 is 2.40 bits per heavy atom. The van der Waals surface area contributed by atoms with Gasteiger partial charge in [0.1, 0.15) is 22.4 Å². The van der Waals surface area contributed by atoms with Gasteiger partial charge < -0.3 is 9.47 Å². The first-order valence-electron chi connectivity index (χ1n) is 10.1. The summed E-state index contributed by atoms with van der Waals surface area (Å²) in [6.45, 7) is 11.1. The summed E-state index contributed by atoms with van der Waals surface area (Å²) in [5, 5.41) is 4.58. The van der Waals surface area contributed by atoms with E-state index in [2.05, 4.69) is 10.1 Å². The Morgan fingerprint density at radius 2 is 1.77 bits per heavy atom. The smallest absolute Gasteiger partial charge is 0.411 e. The van der Waals surface area contributed by atoms with Gasteiger partial charge in [-0.1, -0.05) is 11.6 Å². The molecule has 1 amide bonds. The van der Waals surface area contributed by atoms with E-state index >= 15 is 0 Å². The summed E-state index contributed by atoms with van der Waals surface area (Å²) in [4.78, 5) is 31.9. The zero-order chi connectivity index (χ0) is 22.3. The second kappa shape index (κ2) is 8.06. The summed E-state index contributed by atoms with van der Waals surface area (Å²) >= 11 is 6.34. The molecular formula is C21H29ClN4O4. The number of carbonyl (C=O) groups is 2. The number of fused-ring (bicyclic) bond motifs is 1. The number of hydrogen-bond donors (Lipinski definition) is 0. The van der Waals surface area contributed by atoms with Gasteiger partial charge in [-0.25, -0.2) is 19.1 Å². The van der Waals surface area contributed by atoms with Gasteiger partial charge in [-0.3, -0.25) is 4.90 Å². The van der Waals surface area contributed by atoms with Gasteiger partial charge in [0.15, 0.2) is 5.65 Å². The maximum atomic E-state index is 12.9. The molecule has 1 fully saturated rings. The first-order chi connectivity index (χ1) is 13.8. The highest BCUT2D eigenvalue weighted by Gasteiger charge is 2.41. The standard InChI is InChI=1S/C21H29ClN4O4/c1-20(2,3)29-18(27)15-8-7-13(12-25(15)19(28)30-21(4,5)6)14-11-16(22)26-17(24-14)9-10-23-26/h9-11,13,15H,7-8,12H2,1-6H3. The van der Waals surface area contributed by atoms with Gasteiger partial charge in [0.2, 0.25) is 0 Å². The average Bonchev–Trinajstić information content (AvgIpc) is 3.07. The quantitative estimate of drug-likeness (QED) is 0.517. The number of halogens is 1. The number of piperidine rings is 1. The number of amides is 1. The van der Waals surface area contributed by atoms with Gasteiger partial charge in [-0.05, 0) is 60.5 Å². The Labute approximate surface area is 181 Å². The third-order valence-electron chi connectivity index (χ3n) is 4.64. The van der Waals surface area contributed by atoms with Crippen molar-refractivity contribution in [2.45, 2.75) is 77.5 Å². The van der Waals surface area contributed by atoms with Crippen LogP contribution < -0.4 is 0 Å². The van der Waals surface area contributed by atoms with Crippen molar-refractivity contribution in [1.29, 1.82) is 0 Å². The van der Waals surface area contributed by atoms with Crippen molar-refractivity contribution in [3.8, 4) is 0 Å². The van der Waals surface area contributed by atoms with E-state index in [1.54, 1.807) is 64.4 Å². The molecule has 3 rings (SSSR count). The molecule has 9 heteroatoms. The zero-order valence-electron chi connectivity index (χ0n) is 18.3. The van der Waals surface area contributed by atoms with E-state index in [-0.39, 0.29) is 12.5 Å². The Morgan fingerprint density at radius 1 is 1.10 bits per heavy atom. The molecule has 30 heavy (non-hydrogen) atoms. The highest BCUT2D eigenvalue weighted by Crippen LogP contribution is 2.32. The van der Waals surface area contributed by atoms with Crippen LogP contribution in [0, 0.1) is 0 Å². The van der Waals surface area contributed by atoms with Crippen molar-refractivity contribution in [1.82, 2.24) is 19.5 Å². The second-order valence-electron chi connectivity index (χ2n) is 9.56. The first-order valence-corrected chi connectivity index (χ1v) is 10.4. The summed E-state index contributed by atoms with van der Waals surface area (Å²) in [7, 11) is 0. The lowest BCUT2D eigenvalue weighted by Crippen LogP contribution is -2.53. The Hall–Kier alpha value is -2.35. The number of hydrogen-bond acceptors (Lipinski definition) is 6. The van der Waals surface area contributed by atoms with E-state index in [4.69, 9.17) is 21.1 Å². The van der Waals surface area contributed by atoms with Crippen LogP contribution in [-0.2, 0) is 14.3 Å². The van der Waals surface area contributed by atoms with Crippen LogP contribution in [0.1, 0.15) is 66.0 Å². The third kappa shape index (κ3) is 5.22. The lowest BCUT2D eigenvalue weighted by atomic mass is 9.90. The largest absolute Gasteiger partial charge is 0.458 e. The number of nitrogens with zero attached hydrogens (tertiary/aromatic N) is 4. The molecule has 2 aromatic heterocycles. The predicted octanol–water partition coefficient (Wildman–Crippen LogP) is 4.21. The molecule has 2 aromatic rings.